The first-order valence-corrected chi connectivity index (χ1v) is 3.26. The van der Waals surface area contributed by atoms with E-state index in [0.717, 1.165) is 0 Å². The molecule has 0 amide bonds. The van der Waals surface area contributed by atoms with Crippen molar-refractivity contribution in [2.75, 3.05) is 0 Å². The number of nitro groups is 1. The maximum Gasteiger partial charge on any atom is 0.274 e. The highest BCUT2D eigenvalue weighted by Crippen LogP contribution is 2.17. The third-order valence-electron chi connectivity index (χ3n) is 1.42. The Balaban J connectivity index is 3.00. The van der Waals surface area contributed by atoms with Crippen molar-refractivity contribution in [2.24, 2.45) is 0 Å². The Morgan fingerprint density at radius 1 is 1.50 bits per heavy atom. The molecule has 1 rings (SSSR count). The van der Waals surface area contributed by atoms with Gasteiger partial charge in [0.2, 0.25) is 0 Å². The standard InChI is InChI=1S/C8H6NO3/c1-12-6-7-4-2-3-5-8(7)9(10)11/h2-5H,6H2/i1-11. The van der Waals surface area contributed by atoms with Gasteiger partial charge in [-0.05, 0) is 6.07 Å². The zero-order chi connectivity index (χ0) is 8.97. The van der Waals surface area contributed by atoms with E-state index in [1.165, 1.54) is 6.07 Å². The van der Waals surface area contributed by atoms with Crippen molar-refractivity contribution < 1.29 is 9.66 Å². The lowest BCUT2D eigenvalue weighted by atomic mass is 0.933. The first-order valence-electron chi connectivity index (χ1n) is 3.26. The van der Waals surface area contributed by atoms with Gasteiger partial charge in [-0.25, -0.2) is 0 Å². The van der Waals surface area contributed by atoms with Crippen LogP contribution in [-0.2, 0) is 11.3 Å². The van der Waals surface area contributed by atoms with Crippen molar-refractivity contribution in [3.8, 4) is 0 Å². The molecule has 0 aliphatic carbocycles. The average molecular weight is 153 g/mol. The summed E-state index contributed by atoms with van der Waals surface area (Å²) in [5.74, 6) is 0. The minimum atomic E-state index is -0.492. The largest absolute Gasteiger partial charge is 0.360 e. The highest BCUT2D eigenvalue weighted by molar-refractivity contribution is 5.39. The van der Waals surface area contributed by atoms with Crippen molar-refractivity contribution in [2.45, 2.75) is 6.61 Å². The van der Waals surface area contributed by atoms with Gasteiger partial charge in [0.25, 0.3) is 5.69 Å². The first kappa shape index (κ1) is 8.67. The second-order valence-electron chi connectivity index (χ2n) is 2.17. The molecular formula is C8H6NO3. The fourth-order valence-electron chi connectivity index (χ4n) is 0.889. The van der Waals surface area contributed by atoms with Crippen LogP contribution in [-0.4, -0.2) is 4.92 Å². The Morgan fingerprint density at radius 3 is 2.75 bits per heavy atom. The molecule has 12 heavy (non-hydrogen) atoms. The third kappa shape index (κ3) is 1.79. The summed E-state index contributed by atoms with van der Waals surface area (Å²) in [6.07, 6.45) is 0. The normalized spacial score (nSPS) is 9.75. The molecule has 0 aliphatic rings. The van der Waals surface area contributed by atoms with Crippen molar-refractivity contribution in [3.05, 3.63) is 47.1 Å². The van der Waals surface area contributed by atoms with Crippen LogP contribution >= 0.6 is 0 Å². The van der Waals surface area contributed by atoms with E-state index in [-0.39, 0.29) is 12.3 Å². The molecule has 0 aliphatic heterocycles. The highest BCUT2D eigenvalue weighted by atomic mass is 16.6. The van der Waals surface area contributed by atoms with Crippen LogP contribution in [0.25, 0.3) is 0 Å². The number of nitro benzene ring substituents is 1. The van der Waals surface area contributed by atoms with E-state index >= 15 is 0 Å². The Labute approximate surface area is 69.9 Å². The Kier molecular flexibility index (Phi) is 2.76. The van der Waals surface area contributed by atoms with Crippen molar-refractivity contribution >= 4 is 5.69 Å². The fourth-order valence-corrected chi connectivity index (χ4v) is 0.889. The van der Waals surface area contributed by atoms with Crippen LogP contribution in [0.15, 0.2) is 24.3 Å². The zero-order valence-corrected chi connectivity index (χ0v) is 6.19. The molecule has 0 bridgehead atoms. The number of para-hydroxylation sites is 1. The summed E-state index contributed by atoms with van der Waals surface area (Å²) in [4.78, 5) is 9.89. The van der Waals surface area contributed by atoms with Crippen molar-refractivity contribution in [1.29, 1.82) is 0 Å². The van der Waals surface area contributed by atoms with Crippen LogP contribution in [0.4, 0.5) is 5.69 Å². The quantitative estimate of drug-likeness (QED) is 0.490. The van der Waals surface area contributed by atoms with Crippen molar-refractivity contribution in [3.63, 3.8) is 0 Å². The second kappa shape index (κ2) is 3.82. The highest BCUT2D eigenvalue weighted by Gasteiger charge is 2.10. The van der Waals surface area contributed by atoms with E-state index in [0.29, 0.717) is 5.56 Å². The number of hydrogen-bond donors (Lipinski definition) is 0. The smallest absolute Gasteiger partial charge is 0.274 e. The van der Waals surface area contributed by atoms with Gasteiger partial charge in [-0.2, -0.15) is 0 Å². The van der Waals surface area contributed by atoms with Crippen LogP contribution < -0.4 is 0 Å². The maximum atomic E-state index is 10.4. The maximum absolute atomic E-state index is 10.4. The molecule has 61 valence electrons. The number of rotatable bonds is 3. The lowest BCUT2D eigenvalue weighted by Gasteiger charge is -1.98. The molecule has 0 saturated heterocycles. The molecule has 4 heteroatoms. The summed E-state index contributed by atoms with van der Waals surface area (Å²) >= 11 is 0. The van der Waals surface area contributed by atoms with Gasteiger partial charge < -0.3 is 4.74 Å². The molecule has 0 spiro atoms. The lowest BCUT2D eigenvalue weighted by molar-refractivity contribution is -0.385. The number of benzene rings is 1. The summed E-state index contributed by atoms with van der Waals surface area (Å²) in [5, 5.41) is 10.4. The minimum absolute atomic E-state index is 0.00949. The lowest BCUT2D eigenvalue weighted by Crippen LogP contribution is -1.95. The van der Waals surface area contributed by atoms with E-state index in [1.54, 1.807) is 18.2 Å². The molecule has 4 nitrogen and oxygen atoms in total. The van der Waals surface area contributed by atoms with Gasteiger partial charge in [-0.1, -0.05) is 12.1 Å². The predicted octanol–water partition coefficient (Wildman–Crippen LogP) is 1.66. The van der Waals surface area contributed by atoms with Gasteiger partial charge >= 0.3 is 0 Å². The van der Waals surface area contributed by atoms with E-state index in [2.05, 4.69) is 4.74 Å². The molecule has 0 heterocycles. The molecule has 0 fully saturated rings. The third-order valence-corrected chi connectivity index (χ3v) is 1.42. The van der Waals surface area contributed by atoms with Crippen LogP contribution in [0, 0.1) is 17.2 Å². The Bertz CT molecular complexity index is 285. The van der Waals surface area contributed by atoms with E-state index in [4.69, 9.17) is 7.11 Å². The predicted molar refractivity (Wildman–Crippen MR) is 41.1 cm³/mol. The Hall–Kier alpha value is -1.42. The zero-order valence-electron chi connectivity index (χ0n) is 6.19. The van der Waals surface area contributed by atoms with Crippen LogP contribution in [0.5, 0.6) is 0 Å². The van der Waals surface area contributed by atoms with E-state index in [9.17, 15) is 10.1 Å². The molecule has 3 radical (unpaired) electrons. The van der Waals surface area contributed by atoms with Crippen LogP contribution in [0.3, 0.4) is 0 Å². The first-order chi connectivity index (χ1) is 5.75. The number of hydrogen-bond acceptors (Lipinski definition) is 3. The van der Waals surface area contributed by atoms with E-state index in [1.807, 2.05) is 0 Å². The average Bonchev–Trinajstić information content (AvgIpc) is 2.05. The van der Waals surface area contributed by atoms with Gasteiger partial charge in [0.15, 0.2) is 7.11 Å². The van der Waals surface area contributed by atoms with Crippen molar-refractivity contribution in [1.82, 2.24) is 0 Å². The summed E-state index contributed by atoms with van der Waals surface area (Å²) in [7, 11) is 6.46. The fraction of sp³-hybridized carbons (Fsp3) is 0.125. The number of ether oxygens (including phenoxy) is 1. The summed E-state index contributed by atoms with van der Waals surface area (Å²) < 4.78 is 4.06. The van der Waals surface area contributed by atoms with Gasteiger partial charge in [-0.15, -0.1) is 0 Å². The molecule has 0 aromatic heterocycles. The number of nitrogens with zero attached hydrogens (tertiary/aromatic N) is 1. The molecule has 0 saturated carbocycles. The Morgan fingerprint density at radius 2 is 2.17 bits per heavy atom. The van der Waals surface area contributed by atoms with Crippen LogP contribution in [0.1, 0.15) is 5.56 Å². The van der Waals surface area contributed by atoms with Gasteiger partial charge in [0.1, 0.15) is 0 Å². The SMILES string of the molecule is [1C]OCc1ccccc1[N+](=O)[O-]. The topological polar surface area (TPSA) is 52.4 Å². The summed E-state index contributed by atoms with van der Waals surface area (Å²) in [6.45, 7) is -0.0584. The second-order valence-corrected chi connectivity index (χ2v) is 2.17. The monoisotopic (exact) mass is 153 g/mol. The van der Waals surface area contributed by atoms with Gasteiger partial charge in [-0.3, -0.25) is 10.1 Å². The summed E-state index contributed by atoms with van der Waals surface area (Å²) in [6, 6.07) is 6.19. The van der Waals surface area contributed by atoms with Gasteiger partial charge in [0, 0.05) is 6.07 Å². The molecule has 0 atom stereocenters. The molecule has 1 aromatic rings. The molecule has 0 N–H and O–H groups in total. The molecule has 1 aromatic carbocycles. The minimum Gasteiger partial charge on any atom is -0.360 e. The van der Waals surface area contributed by atoms with E-state index < -0.39 is 4.92 Å². The van der Waals surface area contributed by atoms with Crippen LogP contribution in [0.2, 0.25) is 0 Å². The molecular weight excluding hydrogens is 147 g/mol. The van der Waals surface area contributed by atoms with Gasteiger partial charge in [0.05, 0.1) is 17.1 Å². The summed E-state index contributed by atoms with van der Waals surface area (Å²) in [5.41, 5.74) is 0.405. The molecule has 0 unspecified atom stereocenters.